The Balaban J connectivity index is 1.97. The average Bonchev–Trinajstić information content (AvgIpc) is 3.12. The van der Waals surface area contributed by atoms with Gasteiger partial charge in [0.25, 0.3) is 0 Å². The molecule has 118 valence electrons. The highest BCUT2D eigenvalue weighted by atomic mass is 79.9. The molecule has 0 radical (unpaired) electrons. The van der Waals surface area contributed by atoms with Crippen LogP contribution in [0.1, 0.15) is 16.5 Å². The summed E-state index contributed by atoms with van der Waals surface area (Å²) in [5, 5.41) is 20.6. The number of aromatic nitrogens is 1. The van der Waals surface area contributed by atoms with Crippen LogP contribution in [-0.2, 0) is 4.79 Å². The lowest BCUT2D eigenvalue weighted by molar-refractivity contribution is -0.114. The zero-order valence-electron chi connectivity index (χ0n) is 11.9. The number of methoxy groups -OCH3 is 1. The fourth-order valence-electron chi connectivity index (χ4n) is 2.18. The first-order valence-electron chi connectivity index (χ1n) is 6.49. The lowest BCUT2D eigenvalue weighted by Crippen LogP contribution is -2.11. The van der Waals surface area contributed by atoms with Crippen LogP contribution in [0.4, 0.5) is 0 Å². The number of ether oxygens (including phenoxy) is 1. The summed E-state index contributed by atoms with van der Waals surface area (Å²) in [4.78, 5) is 17.2. The van der Waals surface area contributed by atoms with Crippen molar-refractivity contribution in [2.75, 3.05) is 7.11 Å². The van der Waals surface area contributed by atoms with Gasteiger partial charge in [0, 0.05) is 11.6 Å². The minimum Gasteiger partial charge on any atom is -0.503 e. The Morgan fingerprint density at radius 2 is 2.26 bits per heavy atom. The summed E-state index contributed by atoms with van der Waals surface area (Å²) >= 11 is 5.77. The number of allylic oxidation sites excluding steroid dienone is 1. The van der Waals surface area contributed by atoms with E-state index in [-0.39, 0.29) is 16.6 Å². The highest BCUT2D eigenvalue weighted by molar-refractivity contribution is 9.10. The Bertz CT molecular complexity index is 818. The van der Waals surface area contributed by atoms with Gasteiger partial charge in [-0.2, -0.15) is 0 Å². The number of carbonyl (C=O) groups excluding carboxylic acids is 1. The van der Waals surface area contributed by atoms with E-state index < -0.39 is 5.92 Å². The van der Waals surface area contributed by atoms with Crippen molar-refractivity contribution in [3.63, 3.8) is 0 Å². The topological polar surface area (TPSA) is 83.3 Å². The molecule has 23 heavy (non-hydrogen) atoms. The Labute approximate surface area is 149 Å². The number of aromatic hydroxyl groups is 1. The second kappa shape index (κ2) is 6.46. The Morgan fingerprint density at radius 3 is 2.91 bits per heavy atom. The molecule has 2 heterocycles. The Kier molecular flexibility index (Phi) is 4.56. The summed E-state index contributed by atoms with van der Waals surface area (Å²) in [6.07, 6.45) is 3.33. The van der Waals surface area contributed by atoms with Crippen LogP contribution in [0.3, 0.4) is 0 Å². The first kappa shape index (κ1) is 16.2. The number of phenolic OH excluding ortho intramolecular Hbond substituents is 1. The predicted molar refractivity (Wildman–Crippen MR) is 95.5 cm³/mol. The van der Waals surface area contributed by atoms with Crippen LogP contribution in [0.2, 0.25) is 0 Å². The number of carbonyl (C=O) groups is 1. The van der Waals surface area contributed by atoms with Gasteiger partial charge in [-0.15, -0.1) is 11.3 Å². The van der Waals surface area contributed by atoms with Crippen molar-refractivity contribution in [2.24, 2.45) is 0 Å². The number of rotatable bonds is 3. The summed E-state index contributed by atoms with van der Waals surface area (Å²) in [5.74, 6) is -0.409. The third-order valence-corrected chi connectivity index (χ3v) is 5.69. The fraction of sp³-hybridized carbons (Fsp3) is 0.133. The first-order valence-corrected chi connectivity index (χ1v) is 8.98. The summed E-state index contributed by atoms with van der Waals surface area (Å²) in [7, 11) is 1.46. The zero-order valence-corrected chi connectivity index (χ0v) is 15.1. The molecule has 1 aromatic heterocycles. The van der Waals surface area contributed by atoms with Crippen LogP contribution in [0.5, 0.6) is 11.5 Å². The number of thioether (sulfide) groups is 1. The summed E-state index contributed by atoms with van der Waals surface area (Å²) < 4.78 is 5.58. The van der Waals surface area contributed by atoms with E-state index in [1.165, 1.54) is 18.4 Å². The van der Waals surface area contributed by atoms with Gasteiger partial charge in [0.15, 0.2) is 17.3 Å². The molecule has 1 aliphatic rings. The zero-order chi connectivity index (χ0) is 16.6. The van der Waals surface area contributed by atoms with E-state index in [4.69, 9.17) is 10.1 Å². The SMILES string of the molecule is COc1cc(/C=C2\SC(=N)[C@@H](c3nccs3)C2=O)cc(Br)c1O. The highest BCUT2D eigenvalue weighted by Crippen LogP contribution is 2.42. The van der Waals surface area contributed by atoms with Crippen molar-refractivity contribution < 1.29 is 14.6 Å². The molecule has 0 spiro atoms. The van der Waals surface area contributed by atoms with Gasteiger partial charge in [0.1, 0.15) is 10.9 Å². The summed E-state index contributed by atoms with van der Waals surface area (Å²) in [6, 6.07) is 3.33. The molecule has 1 saturated heterocycles. The normalized spacial score (nSPS) is 19.6. The standard InChI is InChI=1S/C15H11BrN2O3S2/c1-21-9-5-7(4-8(16)12(9)19)6-10-13(20)11(14(17)23-10)15-18-2-3-22-15/h2-6,11,17,19H,1H3/b10-6-,17-14?/t11-/m0/s1. The van der Waals surface area contributed by atoms with Crippen LogP contribution in [0.25, 0.3) is 6.08 Å². The molecule has 8 heteroatoms. The molecule has 1 fully saturated rings. The van der Waals surface area contributed by atoms with Crippen LogP contribution in [-0.4, -0.2) is 28.0 Å². The molecular weight excluding hydrogens is 400 g/mol. The van der Waals surface area contributed by atoms with E-state index >= 15 is 0 Å². The van der Waals surface area contributed by atoms with E-state index in [9.17, 15) is 9.90 Å². The van der Waals surface area contributed by atoms with E-state index in [0.29, 0.717) is 25.7 Å². The molecule has 5 nitrogen and oxygen atoms in total. The van der Waals surface area contributed by atoms with Crippen molar-refractivity contribution in [3.8, 4) is 11.5 Å². The average molecular weight is 411 g/mol. The second-order valence-corrected chi connectivity index (χ2v) is 7.56. The molecule has 0 amide bonds. The number of hydrogen-bond donors (Lipinski definition) is 2. The highest BCUT2D eigenvalue weighted by Gasteiger charge is 2.38. The van der Waals surface area contributed by atoms with Gasteiger partial charge in [0.2, 0.25) is 0 Å². The smallest absolute Gasteiger partial charge is 0.186 e. The second-order valence-electron chi connectivity index (χ2n) is 4.70. The fourth-order valence-corrected chi connectivity index (χ4v) is 4.44. The number of nitrogens with one attached hydrogen (secondary N) is 1. The Morgan fingerprint density at radius 1 is 1.48 bits per heavy atom. The number of ketones is 1. The molecule has 0 bridgehead atoms. The lowest BCUT2D eigenvalue weighted by Gasteiger charge is -2.07. The van der Waals surface area contributed by atoms with Gasteiger partial charge < -0.3 is 9.84 Å². The maximum absolute atomic E-state index is 12.6. The predicted octanol–water partition coefficient (Wildman–Crippen LogP) is 4.04. The minimum absolute atomic E-state index is 0.00783. The van der Waals surface area contributed by atoms with Gasteiger partial charge >= 0.3 is 0 Å². The third kappa shape index (κ3) is 3.06. The Hall–Kier alpha value is -1.64. The molecule has 1 atom stereocenters. The van der Waals surface area contributed by atoms with Gasteiger partial charge in [-0.1, -0.05) is 11.8 Å². The van der Waals surface area contributed by atoms with Crippen LogP contribution >= 0.6 is 39.0 Å². The molecule has 0 saturated carbocycles. The maximum atomic E-state index is 12.6. The molecule has 0 aliphatic carbocycles. The van der Waals surface area contributed by atoms with E-state index in [0.717, 1.165) is 11.8 Å². The number of nitrogens with zero attached hydrogens (tertiary/aromatic N) is 1. The van der Waals surface area contributed by atoms with E-state index in [1.807, 2.05) is 0 Å². The van der Waals surface area contributed by atoms with Crippen molar-refractivity contribution >= 4 is 55.9 Å². The quantitative estimate of drug-likeness (QED) is 0.745. The van der Waals surface area contributed by atoms with Gasteiger partial charge in [-0.3, -0.25) is 10.2 Å². The number of Topliss-reactive ketones (excluding diaryl/α,β-unsaturated/α-hetero) is 1. The maximum Gasteiger partial charge on any atom is 0.186 e. The number of thiazole rings is 1. The van der Waals surface area contributed by atoms with Crippen LogP contribution in [0.15, 0.2) is 33.1 Å². The summed E-state index contributed by atoms with van der Waals surface area (Å²) in [5.41, 5.74) is 0.704. The summed E-state index contributed by atoms with van der Waals surface area (Å²) in [6.45, 7) is 0. The van der Waals surface area contributed by atoms with Crippen LogP contribution in [0, 0.1) is 5.41 Å². The molecule has 2 N–H and O–H groups in total. The monoisotopic (exact) mass is 410 g/mol. The van der Waals surface area contributed by atoms with Gasteiger partial charge in [-0.05, 0) is 39.7 Å². The van der Waals surface area contributed by atoms with Gasteiger partial charge in [0.05, 0.1) is 21.5 Å². The number of hydrogen-bond acceptors (Lipinski definition) is 7. The largest absolute Gasteiger partial charge is 0.503 e. The molecule has 2 aromatic rings. The number of benzene rings is 1. The molecule has 0 unspecified atom stereocenters. The minimum atomic E-state index is -0.603. The molecule has 1 aromatic carbocycles. The van der Waals surface area contributed by atoms with E-state index in [2.05, 4.69) is 20.9 Å². The van der Waals surface area contributed by atoms with E-state index in [1.54, 1.807) is 29.8 Å². The lowest BCUT2D eigenvalue weighted by atomic mass is 10.0. The number of halogens is 1. The molecule has 1 aliphatic heterocycles. The van der Waals surface area contributed by atoms with Crippen molar-refractivity contribution in [3.05, 3.63) is 43.7 Å². The van der Waals surface area contributed by atoms with Gasteiger partial charge in [-0.25, -0.2) is 4.98 Å². The third-order valence-electron chi connectivity index (χ3n) is 3.25. The van der Waals surface area contributed by atoms with Crippen LogP contribution < -0.4 is 4.74 Å². The van der Waals surface area contributed by atoms with Crippen molar-refractivity contribution in [2.45, 2.75) is 5.92 Å². The first-order chi connectivity index (χ1) is 11.0. The molecule has 3 rings (SSSR count). The van der Waals surface area contributed by atoms with Crippen molar-refractivity contribution in [1.82, 2.24) is 4.98 Å². The molecular formula is C15H11BrN2O3S2. The number of phenols is 1. The van der Waals surface area contributed by atoms with Crippen molar-refractivity contribution in [1.29, 1.82) is 5.41 Å².